The highest BCUT2D eigenvalue weighted by molar-refractivity contribution is 5.74. The van der Waals surface area contributed by atoms with Crippen molar-refractivity contribution < 1.29 is 28.8 Å². The maximum atomic E-state index is 11.3. The van der Waals surface area contributed by atoms with Gasteiger partial charge in [0.25, 0.3) is 0 Å². The minimum Gasteiger partial charge on any atom is -0.497 e. The van der Waals surface area contributed by atoms with E-state index in [1.165, 1.54) is 0 Å². The van der Waals surface area contributed by atoms with Crippen molar-refractivity contribution in [3.63, 3.8) is 0 Å². The van der Waals surface area contributed by atoms with E-state index >= 15 is 0 Å². The highest BCUT2D eigenvalue weighted by Crippen LogP contribution is 2.34. The first-order chi connectivity index (χ1) is 16.9. The topological polar surface area (TPSA) is 74.2 Å². The Labute approximate surface area is 206 Å². The molecule has 0 aliphatic rings. The lowest BCUT2D eigenvalue weighted by Gasteiger charge is -2.13. The molecule has 0 bridgehead atoms. The van der Waals surface area contributed by atoms with Gasteiger partial charge < -0.3 is 24.1 Å². The summed E-state index contributed by atoms with van der Waals surface area (Å²) < 4.78 is 22.0. The van der Waals surface area contributed by atoms with Gasteiger partial charge in [-0.05, 0) is 72.5 Å². The van der Waals surface area contributed by atoms with Gasteiger partial charge in [-0.3, -0.25) is 0 Å². The van der Waals surface area contributed by atoms with Crippen molar-refractivity contribution in [1.82, 2.24) is 0 Å². The van der Waals surface area contributed by atoms with Crippen molar-refractivity contribution in [2.24, 2.45) is 0 Å². The van der Waals surface area contributed by atoms with Gasteiger partial charge in [0.05, 0.1) is 14.2 Å². The molecule has 0 amide bonds. The summed E-state index contributed by atoms with van der Waals surface area (Å²) in [4.78, 5) is 11.3. The van der Waals surface area contributed by atoms with Crippen LogP contribution in [0.4, 0.5) is 0 Å². The summed E-state index contributed by atoms with van der Waals surface area (Å²) in [5, 5.41) is 9.23. The first kappa shape index (κ1) is 25.8. The largest absolute Gasteiger partial charge is 0.497 e. The van der Waals surface area contributed by atoms with E-state index in [1.807, 2.05) is 55.5 Å². The first-order valence-electron chi connectivity index (χ1n) is 11.5. The molecule has 0 aliphatic carbocycles. The summed E-state index contributed by atoms with van der Waals surface area (Å²) in [5.74, 6) is 1.34. The highest BCUT2D eigenvalue weighted by atomic mass is 16.5. The zero-order valence-corrected chi connectivity index (χ0v) is 20.6. The number of rotatable bonds is 12. The standard InChI is InChI=1S/C29H32O6/c1-5-34-28(29(30)31)18-21-6-12-24(13-7-21)35-17-16-20(2)22-8-10-23(11-9-22)26-19-25(32-3)14-15-27(26)33-4/h6-16,19,28H,5,17-18H2,1-4H3,(H,30,31)/b20-16+/t28-/m0/s1. The zero-order valence-electron chi connectivity index (χ0n) is 20.6. The third-order valence-electron chi connectivity index (χ3n) is 5.69. The van der Waals surface area contributed by atoms with Crippen LogP contribution >= 0.6 is 0 Å². The molecule has 35 heavy (non-hydrogen) atoms. The Balaban J connectivity index is 1.60. The fraction of sp³-hybridized carbons (Fsp3) is 0.276. The van der Waals surface area contributed by atoms with Crippen LogP contribution in [-0.4, -0.2) is 44.6 Å². The molecule has 0 unspecified atom stereocenters. The molecule has 0 saturated carbocycles. The van der Waals surface area contributed by atoms with E-state index in [-0.39, 0.29) is 0 Å². The van der Waals surface area contributed by atoms with Crippen molar-refractivity contribution in [2.75, 3.05) is 27.4 Å². The Morgan fingerprint density at radius 1 is 0.943 bits per heavy atom. The van der Waals surface area contributed by atoms with Gasteiger partial charge in [-0.2, -0.15) is 0 Å². The van der Waals surface area contributed by atoms with Crippen molar-refractivity contribution in [3.8, 4) is 28.4 Å². The summed E-state index contributed by atoms with van der Waals surface area (Å²) in [6.07, 6.45) is 1.51. The molecule has 0 aromatic heterocycles. The molecule has 6 heteroatoms. The van der Waals surface area contributed by atoms with Gasteiger partial charge in [0.15, 0.2) is 6.10 Å². The van der Waals surface area contributed by atoms with Crippen molar-refractivity contribution in [1.29, 1.82) is 0 Å². The first-order valence-corrected chi connectivity index (χ1v) is 11.5. The number of ether oxygens (including phenoxy) is 4. The summed E-state index contributed by atoms with van der Waals surface area (Å²) in [5.41, 5.74) is 5.11. The quantitative estimate of drug-likeness (QED) is 0.352. The van der Waals surface area contributed by atoms with Gasteiger partial charge in [0.1, 0.15) is 23.9 Å². The van der Waals surface area contributed by atoms with E-state index in [0.717, 1.165) is 45.1 Å². The highest BCUT2D eigenvalue weighted by Gasteiger charge is 2.17. The van der Waals surface area contributed by atoms with Gasteiger partial charge in [0.2, 0.25) is 0 Å². The molecule has 3 aromatic carbocycles. The minimum atomic E-state index is -0.955. The molecule has 0 heterocycles. The monoisotopic (exact) mass is 476 g/mol. The second-order valence-electron chi connectivity index (χ2n) is 7.97. The minimum absolute atomic E-state index is 0.320. The molecule has 0 saturated heterocycles. The Morgan fingerprint density at radius 2 is 1.63 bits per heavy atom. The lowest BCUT2D eigenvalue weighted by Crippen LogP contribution is -2.26. The number of hydrogen-bond donors (Lipinski definition) is 1. The van der Waals surface area contributed by atoms with Crippen LogP contribution in [0.2, 0.25) is 0 Å². The number of allylic oxidation sites excluding steroid dienone is 1. The lowest BCUT2D eigenvalue weighted by atomic mass is 10.00. The van der Waals surface area contributed by atoms with E-state index in [4.69, 9.17) is 18.9 Å². The average molecular weight is 477 g/mol. The van der Waals surface area contributed by atoms with E-state index in [0.29, 0.717) is 19.6 Å². The summed E-state index contributed by atoms with van der Waals surface area (Å²) in [7, 11) is 3.31. The third-order valence-corrected chi connectivity index (χ3v) is 5.69. The molecule has 184 valence electrons. The van der Waals surface area contributed by atoms with Crippen molar-refractivity contribution in [2.45, 2.75) is 26.4 Å². The van der Waals surface area contributed by atoms with Gasteiger partial charge in [0, 0.05) is 18.6 Å². The molecule has 0 fully saturated rings. The Bertz CT molecular complexity index is 1130. The van der Waals surface area contributed by atoms with Crippen LogP contribution < -0.4 is 14.2 Å². The second kappa shape index (κ2) is 12.6. The van der Waals surface area contributed by atoms with E-state index < -0.39 is 12.1 Å². The molecule has 6 nitrogen and oxygen atoms in total. The Morgan fingerprint density at radius 3 is 2.23 bits per heavy atom. The molecule has 0 aliphatic heterocycles. The number of carboxylic acids is 1. The van der Waals surface area contributed by atoms with Crippen LogP contribution in [0.15, 0.2) is 72.8 Å². The second-order valence-corrected chi connectivity index (χ2v) is 7.97. The van der Waals surface area contributed by atoms with Gasteiger partial charge in [-0.1, -0.05) is 36.4 Å². The van der Waals surface area contributed by atoms with Crippen molar-refractivity contribution >= 4 is 11.5 Å². The van der Waals surface area contributed by atoms with Crippen molar-refractivity contribution in [3.05, 3.63) is 83.9 Å². The predicted molar refractivity (Wildman–Crippen MR) is 137 cm³/mol. The van der Waals surface area contributed by atoms with E-state index in [2.05, 4.69) is 24.3 Å². The van der Waals surface area contributed by atoms with E-state index in [1.54, 1.807) is 21.1 Å². The Kier molecular flexibility index (Phi) is 9.32. The van der Waals surface area contributed by atoms with Gasteiger partial charge in [-0.25, -0.2) is 4.79 Å². The molecule has 0 spiro atoms. The van der Waals surface area contributed by atoms with Crippen LogP contribution in [0, 0.1) is 0 Å². The fourth-order valence-corrected chi connectivity index (χ4v) is 3.69. The smallest absolute Gasteiger partial charge is 0.333 e. The number of aliphatic carboxylic acids is 1. The molecule has 3 rings (SSSR count). The van der Waals surface area contributed by atoms with Crippen LogP contribution in [-0.2, 0) is 16.0 Å². The lowest BCUT2D eigenvalue weighted by molar-refractivity contribution is -0.149. The maximum absolute atomic E-state index is 11.3. The Hall–Kier alpha value is -3.77. The fourth-order valence-electron chi connectivity index (χ4n) is 3.69. The van der Waals surface area contributed by atoms with Gasteiger partial charge >= 0.3 is 5.97 Å². The zero-order chi connectivity index (χ0) is 25.2. The van der Waals surface area contributed by atoms with Crippen LogP contribution in [0.5, 0.6) is 17.2 Å². The number of benzene rings is 3. The summed E-state index contributed by atoms with van der Waals surface area (Å²) in [6.45, 7) is 4.62. The molecule has 0 radical (unpaired) electrons. The molecular formula is C29H32O6. The summed E-state index contributed by atoms with van der Waals surface area (Å²) >= 11 is 0. The van der Waals surface area contributed by atoms with Crippen LogP contribution in [0.3, 0.4) is 0 Å². The normalized spacial score (nSPS) is 12.2. The molecule has 3 aromatic rings. The molecular weight excluding hydrogens is 444 g/mol. The number of methoxy groups -OCH3 is 2. The number of carboxylic acid groups (broad SMARTS) is 1. The predicted octanol–water partition coefficient (Wildman–Crippen LogP) is 5.89. The van der Waals surface area contributed by atoms with Crippen LogP contribution in [0.1, 0.15) is 25.0 Å². The van der Waals surface area contributed by atoms with Crippen LogP contribution in [0.25, 0.3) is 16.7 Å². The van der Waals surface area contributed by atoms with Gasteiger partial charge in [-0.15, -0.1) is 0 Å². The third kappa shape index (κ3) is 7.11. The molecule has 1 atom stereocenters. The number of carbonyl (C=O) groups is 1. The molecule has 1 N–H and O–H groups in total. The summed E-state index contributed by atoms with van der Waals surface area (Å²) in [6, 6.07) is 21.5. The SMILES string of the molecule is CCO[C@@H](Cc1ccc(OC/C=C(\C)c2ccc(-c3cc(OC)ccc3OC)cc2)cc1)C(=O)O. The number of hydrogen-bond acceptors (Lipinski definition) is 5. The maximum Gasteiger partial charge on any atom is 0.333 e. The van der Waals surface area contributed by atoms with E-state index in [9.17, 15) is 9.90 Å². The average Bonchev–Trinajstić information content (AvgIpc) is 2.89.